The molecule has 0 spiro atoms. The largest absolute Gasteiger partial charge is 0.459 e. The van der Waals surface area contributed by atoms with Crippen molar-refractivity contribution in [1.29, 1.82) is 5.26 Å². The Morgan fingerprint density at radius 3 is 2.27 bits per heavy atom. The molecule has 270 valence electrons. The Kier molecular flexibility index (Phi) is 12.4. The van der Waals surface area contributed by atoms with Gasteiger partial charge in [0.1, 0.15) is 23.8 Å². The number of nitrogens with one attached hydrogen (secondary N) is 2. The van der Waals surface area contributed by atoms with Crippen molar-refractivity contribution in [3.8, 4) is 17.2 Å². The number of carbonyl (C=O) groups excluding carboxylic acids is 5. The predicted octanol–water partition coefficient (Wildman–Crippen LogP) is 4.84. The maximum atomic E-state index is 13.2. The summed E-state index contributed by atoms with van der Waals surface area (Å²) >= 11 is 0. The van der Waals surface area contributed by atoms with E-state index < -0.39 is 35.2 Å². The number of likely N-dealkylation sites (tertiary alicyclic amines) is 1. The number of benzene rings is 2. The number of nitrogens with zero attached hydrogens (tertiary/aromatic N) is 4. The first-order valence-electron chi connectivity index (χ1n) is 17.0. The number of fused-ring (bicyclic) bond motifs is 1. The summed E-state index contributed by atoms with van der Waals surface area (Å²) in [5.41, 5.74) is 1.56. The van der Waals surface area contributed by atoms with Gasteiger partial charge in [-0.1, -0.05) is 18.2 Å². The highest BCUT2D eigenvalue weighted by atomic mass is 16.6. The van der Waals surface area contributed by atoms with Gasteiger partial charge in [-0.05, 0) is 102 Å². The van der Waals surface area contributed by atoms with Gasteiger partial charge in [-0.2, -0.15) is 5.26 Å². The SMILES string of the molecule is CC(C)(C)OC(=O)CN(CCCNC(=O)c1ccc(-c2ccc3nccc(C(=O)NCC(=O)N4CCC[C@H]4C#N)c3c2)cc1)C(=O)OC(C)(C)C. The van der Waals surface area contributed by atoms with Crippen LogP contribution >= 0.6 is 0 Å². The third kappa shape index (κ3) is 11.0. The van der Waals surface area contributed by atoms with Crippen LogP contribution in [-0.4, -0.2) is 94.5 Å². The summed E-state index contributed by atoms with van der Waals surface area (Å²) in [6.45, 7) is 10.9. The van der Waals surface area contributed by atoms with Gasteiger partial charge in [0, 0.05) is 36.8 Å². The maximum Gasteiger partial charge on any atom is 0.410 e. The van der Waals surface area contributed by atoms with Crippen LogP contribution in [0.4, 0.5) is 4.79 Å². The van der Waals surface area contributed by atoms with Crippen molar-refractivity contribution in [3.05, 3.63) is 65.9 Å². The van der Waals surface area contributed by atoms with Crippen LogP contribution in [0.2, 0.25) is 0 Å². The molecule has 2 heterocycles. The van der Waals surface area contributed by atoms with E-state index in [4.69, 9.17) is 9.47 Å². The molecule has 1 aliphatic rings. The Morgan fingerprint density at radius 2 is 1.61 bits per heavy atom. The Morgan fingerprint density at radius 1 is 0.922 bits per heavy atom. The van der Waals surface area contributed by atoms with Crippen LogP contribution in [0.15, 0.2) is 54.7 Å². The minimum Gasteiger partial charge on any atom is -0.459 e. The maximum absolute atomic E-state index is 13.2. The molecule has 0 unspecified atom stereocenters. The first kappa shape index (κ1) is 38.3. The van der Waals surface area contributed by atoms with Gasteiger partial charge in [-0.25, -0.2) is 4.79 Å². The molecule has 4 rings (SSSR count). The van der Waals surface area contributed by atoms with E-state index in [1.165, 1.54) is 16.0 Å². The van der Waals surface area contributed by atoms with E-state index in [1.54, 1.807) is 77.9 Å². The van der Waals surface area contributed by atoms with Crippen LogP contribution in [0, 0.1) is 11.3 Å². The quantitative estimate of drug-likeness (QED) is 0.210. The number of aromatic nitrogens is 1. The van der Waals surface area contributed by atoms with Gasteiger partial charge in [0.15, 0.2) is 0 Å². The number of ether oxygens (including phenoxy) is 2. The Balaban J connectivity index is 1.36. The summed E-state index contributed by atoms with van der Waals surface area (Å²) in [6.07, 6.45) is 2.66. The molecule has 1 aromatic heterocycles. The molecule has 51 heavy (non-hydrogen) atoms. The van der Waals surface area contributed by atoms with Crippen molar-refractivity contribution >= 4 is 40.7 Å². The van der Waals surface area contributed by atoms with Crippen molar-refractivity contribution in [3.63, 3.8) is 0 Å². The fourth-order valence-electron chi connectivity index (χ4n) is 5.55. The number of amides is 4. The van der Waals surface area contributed by atoms with E-state index in [0.717, 1.165) is 17.5 Å². The Bertz CT molecular complexity index is 1800. The number of hydrogen-bond donors (Lipinski definition) is 2. The van der Waals surface area contributed by atoms with Gasteiger partial charge in [-0.15, -0.1) is 0 Å². The van der Waals surface area contributed by atoms with Crippen LogP contribution in [0.3, 0.4) is 0 Å². The summed E-state index contributed by atoms with van der Waals surface area (Å²) in [6, 6.07) is 15.8. The zero-order valence-corrected chi connectivity index (χ0v) is 30.1. The van der Waals surface area contributed by atoms with Crippen LogP contribution in [0.5, 0.6) is 0 Å². The molecule has 2 N–H and O–H groups in total. The van der Waals surface area contributed by atoms with Crippen LogP contribution in [-0.2, 0) is 19.1 Å². The Hall–Kier alpha value is -5.51. The van der Waals surface area contributed by atoms with Crippen molar-refractivity contribution in [2.24, 2.45) is 0 Å². The standard InChI is InChI=1S/C38H46N6O7/c1-37(2,3)50-33(46)24-43(36(49)51-38(4,5)6)19-8-17-41-34(47)26-12-10-25(11-13-26)27-14-15-31-30(21-27)29(16-18-40-31)35(48)42-23-32(45)44-20-7-9-28(44)22-39/h10-16,18,21,28H,7-9,17,19-20,23-24H2,1-6H3,(H,41,47)(H,42,48)/t28-/m0/s1. The fourth-order valence-corrected chi connectivity index (χ4v) is 5.55. The smallest absolute Gasteiger partial charge is 0.410 e. The van der Waals surface area contributed by atoms with Crippen molar-refractivity contribution in [1.82, 2.24) is 25.4 Å². The molecule has 1 fully saturated rings. The summed E-state index contributed by atoms with van der Waals surface area (Å²) in [4.78, 5) is 71.1. The van der Waals surface area contributed by atoms with E-state index in [9.17, 15) is 29.2 Å². The third-order valence-electron chi connectivity index (χ3n) is 7.87. The Labute approximate surface area is 298 Å². The minimum atomic E-state index is -0.747. The average molecular weight is 699 g/mol. The van der Waals surface area contributed by atoms with E-state index in [1.807, 2.05) is 12.1 Å². The van der Waals surface area contributed by atoms with Gasteiger partial charge < -0.3 is 25.0 Å². The second-order valence-corrected chi connectivity index (χ2v) is 14.3. The summed E-state index contributed by atoms with van der Waals surface area (Å²) in [5, 5.41) is 15.4. The lowest BCUT2D eigenvalue weighted by Crippen LogP contribution is -2.42. The second-order valence-electron chi connectivity index (χ2n) is 14.3. The number of hydrogen-bond acceptors (Lipinski definition) is 9. The third-order valence-corrected chi connectivity index (χ3v) is 7.87. The number of rotatable bonds is 11. The molecule has 0 radical (unpaired) electrons. The van der Waals surface area contributed by atoms with Gasteiger partial charge in [-0.3, -0.25) is 29.1 Å². The highest BCUT2D eigenvalue weighted by molar-refractivity contribution is 6.07. The zero-order valence-electron chi connectivity index (χ0n) is 30.1. The van der Waals surface area contributed by atoms with E-state index in [2.05, 4.69) is 21.7 Å². The molecule has 1 saturated heterocycles. The molecule has 0 aliphatic carbocycles. The van der Waals surface area contributed by atoms with E-state index in [0.29, 0.717) is 41.4 Å². The molecule has 4 amide bonds. The summed E-state index contributed by atoms with van der Waals surface area (Å²) < 4.78 is 10.8. The topological polar surface area (TPSA) is 171 Å². The molecule has 0 bridgehead atoms. The van der Waals surface area contributed by atoms with Gasteiger partial charge in [0.05, 0.1) is 23.7 Å². The first-order chi connectivity index (χ1) is 24.0. The molecular weight excluding hydrogens is 652 g/mol. The highest BCUT2D eigenvalue weighted by Crippen LogP contribution is 2.26. The van der Waals surface area contributed by atoms with Gasteiger partial charge in [0.25, 0.3) is 11.8 Å². The highest BCUT2D eigenvalue weighted by Gasteiger charge is 2.29. The number of nitriles is 1. The number of carbonyl (C=O) groups is 5. The molecular formula is C38H46N6O7. The zero-order chi connectivity index (χ0) is 37.3. The van der Waals surface area contributed by atoms with Crippen molar-refractivity contribution in [2.75, 3.05) is 32.7 Å². The molecule has 13 nitrogen and oxygen atoms in total. The normalized spacial score (nSPS) is 14.4. The van der Waals surface area contributed by atoms with Crippen molar-refractivity contribution in [2.45, 2.75) is 78.0 Å². The lowest BCUT2D eigenvalue weighted by molar-refractivity contribution is -0.156. The van der Waals surface area contributed by atoms with E-state index >= 15 is 0 Å². The predicted molar refractivity (Wildman–Crippen MR) is 190 cm³/mol. The monoisotopic (exact) mass is 698 g/mol. The van der Waals surface area contributed by atoms with Crippen molar-refractivity contribution < 1.29 is 33.4 Å². The van der Waals surface area contributed by atoms with Crippen LogP contribution < -0.4 is 10.6 Å². The summed E-state index contributed by atoms with van der Waals surface area (Å²) in [7, 11) is 0. The number of esters is 1. The minimum absolute atomic E-state index is 0.167. The molecule has 0 saturated carbocycles. The molecule has 13 heteroatoms. The van der Waals surface area contributed by atoms with Crippen LogP contribution in [0.1, 0.15) is 81.5 Å². The number of pyridine rings is 1. The average Bonchev–Trinajstić information content (AvgIpc) is 3.55. The van der Waals surface area contributed by atoms with Gasteiger partial charge in [0.2, 0.25) is 5.91 Å². The molecule has 1 atom stereocenters. The van der Waals surface area contributed by atoms with Crippen LogP contribution in [0.25, 0.3) is 22.0 Å². The second kappa shape index (κ2) is 16.5. The van der Waals surface area contributed by atoms with Gasteiger partial charge >= 0.3 is 12.1 Å². The molecule has 2 aromatic carbocycles. The lowest BCUT2D eigenvalue weighted by atomic mass is 9.99. The fraction of sp³-hybridized carbons (Fsp3) is 0.447. The summed E-state index contributed by atoms with van der Waals surface area (Å²) in [5.74, 6) is -1.58. The molecule has 1 aliphatic heterocycles. The molecule has 3 aromatic rings. The first-order valence-corrected chi connectivity index (χ1v) is 17.0. The van der Waals surface area contributed by atoms with E-state index in [-0.39, 0.29) is 38.0 Å². The lowest BCUT2D eigenvalue weighted by Gasteiger charge is -2.28.